The zero-order valence-corrected chi connectivity index (χ0v) is 14.2. The Morgan fingerprint density at radius 1 is 1.20 bits per heavy atom. The molecule has 0 spiro atoms. The van der Waals surface area contributed by atoms with Gasteiger partial charge >= 0.3 is 11.8 Å². The average Bonchev–Trinajstić information content (AvgIpc) is 3.12. The molecule has 1 fully saturated rings. The Labute approximate surface area is 146 Å². The number of aryl methyl sites for hydroxylation is 1. The molecule has 1 heterocycles. The molecule has 2 aromatic carbocycles. The highest BCUT2D eigenvalue weighted by atomic mass is 19.1. The maximum absolute atomic E-state index is 13.4. The molecule has 1 aliphatic rings. The van der Waals surface area contributed by atoms with Gasteiger partial charge in [-0.1, -0.05) is 31.2 Å². The summed E-state index contributed by atoms with van der Waals surface area (Å²) in [5.41, 5.74) is 2.64. The first-order chi connectivity index (χ1) is 12.1. The third kappa shape index (κ3) is 4.05. The number of likely N-dealkylation sites (tertiary alicyclic amines) is 1. The maximum atomic E-state index is 13.4. The van der Waals surface area contributed by atoms with Gasteiger partial charge in [-0.25, -0.2) is 4.39 Å². The molecule has 1 N–H and O–H groups in total. The summed E-state index contributed by atoms with van der Waals surface area (Å²) >= 11 is 0. The number of benzene rings is 2. The van der Waals surface area contributed by atoms with Crippen LogP contribution in [0.1, 0.15) is 30.4 Å². The molecule has 2 amide bonds. The molecule has 5 heteroatoms. The Morgan fingerprint density at radius 3 is 2.64 bits per heavy atom. The summed E-state index contributed by atoms with van der Waals surface area (Å²) in [6.07, 6.45) is 1.65. The predicted molar refractivity (Wildman–Crippen MR) is 94.8 cm³/mol. The maximum Gasteiger partial charge on any atom is 0.313 e. The van der Waals surface area contributed by atoms with Gasteiger partial charge in [0.2, 0.25) is 0 Å². The van der Waals surface area contributed by atoms with Gasteiger partial charge in [-0.15, -0.1) is 0 Å². The van der Waals surface area contributed by atoms with E-state index in [-0.39, 0.29) is 11.7 Å². The van der Waals surface area contributed by atoms with Crippen LogP contribution in [0.4, 0.5) is 10.1 Å². The van der Waals surface area contributed by atoms with Crippen LogP contribution in [-0.2, 0) is 16.0 Å². The fourth-order valence-corrected chi connectivity index (χ4v) is 3.13. The van der Waals surface area contributed by atoms with Gasteiger partial charge < -0.3 is 10.2 Å². The standard InChI is InChI=1S/C20H21FN2O2/c1-2-14-6-8-18(9-7-14)22-19(24)20(25)23-11-10-16(13-23)15-4-3-5-17(21)12-15/h3-9,12,16H,2,10-11,13H2,1H3,(H,22,24). The zero-order valence-electron chi connectivity index (χ0n) is 14.2. The van der Waals surface area contributed by atoms with E-state index in [1.807, 2.05) is 18.2 Å². The van der Waals surface area contributed by atoms with Crippen molar-refractivity contribution in [2.24, 2.45) is 0 Å². The lowest BCUT2D eigenvalue weighted by Crippen LogP contribution is -2.38. The molecular formula is C20H21FN2O2. The van der Waals surface area contributed by atoms with Gasteiger partial charge in [-0.2, -0.15) is 0 Å². The van der Waals surface area contributed by atoms with E-state index >= 15 is 0 Å². The van der Waals surface area contributed by atoms with Crippen LogP contribution in [-0.4, -0.2) is 29.8 Å². The molecule has 0 saturated carbocycles. The van der Waals surface area contributed by atoms with Crippen LogP contribution in [0, 0.1) is 5.82 Å². The first-order valence-electron chi connectivity index (χ1n) is 8.51. The number of carbonyl (C=O) groups is 2. The van der Waals surface area contributed by atoms with E-state index in [0.29, 0.717) is 18.8 Å². The minimum Gasteiger partial charge on any atom is -0.334 e. The van der Waals surface area contributed by atoms with Gasteiger partial charge in [0.25, 0.3) is 0 Å². The van der Waals surface area contributed by atoms with Crippen LogP contribution >= 0.6 is 0 Å². The van der Waals surface area contributed by atoms with E-state index in [1.54, 1.807) is 18.2 Å². The molecule has 0 radical (unpaired) electrons. The van der Waals surface area contributed by atoms with E-state index in [2.05, 4.69) is 12.2 Å². The van der Waals surface area contributed by atoms with Crippen molar-refractivity contribution in [3.63, 3.8) is 0 Å². The van der Waals surface area contributed by atoms with Crippen LogP contribution in [0.5, 0.6) is 0 Å². The lowest BCUT2D eigenvalue weighted by molar-refractivity contribution is -0.142. The highest BCUT2D eigenvalue weighted by Gasteiger charge is 2.30. The van der Waals surface area contributed by atoms with Gasteiger partial charge in [0.05, 0.1) is 0 Å². The van der Waals surface area contributed by atoms with E-state index in [1.165, 1.54) is 22.6 Å². The number of halogens is 1. The summed E-state index contributed by atoms with van der Waals surface area (Å²) < 4.78 is 13.4. The van der Waals surface area contributed by atoms with Gasteiger partial charge in [-0.05, 0) is 48.2 Å². The van der Waals surface area contributed by atoms with Crippen molar-refractivity contribution >= 4 is 17.5 Å². The minimum absolute atomic E-state index is 0.0660. The van der Waals surface area contributed by atoms with Crippen molar-refractivity contribution in [1.29, 1.82) is 0 Å². The third-order valence-electron chi connectivity index (χ3n) is 4.61. The second-order valence-electron chi connectivity index (χ2n) is 6.30. The number of nitrogens with zero attached hydrogens (tertiary/aromatic N) is 1. The van der Waals surface area contributed by atoms with Gasteiger partial charge in [-0.3, -0.25) is 9.59 Å². The molecule has 0 aliphatic carbocycles. The lowest BCUT2D eigenvalue weighted by atomic mass is 9.98. The largest absolute Gasteiger partial charge is 0.334 e. The molecule has 0 aromatic heterocycles. The highest BCUT2D eigenvalue weighted by Crippen LogP contribution is 2.27. The smallest absolute Gasteiger partial charge is 0.313 e. The SMILES string of the molecule is CCc1ccc(NC(=O)C(=O)N2CCC(c3cccc(F)c3)C2)cc1. The summed E-state index contributed by atoms with van der Waals surface area (Å²) in [4.78, 5) is 26.1. The van der Waals surface area contributed by atoms with Gasteiger partial charge in [0.1, 0.15) is 5.82 Å². The van der Waals surface area contributed by atoms with Crippen molar-refractivity contribution < 1.29 is 14.0 Å². The summed E-state index contributed by atoms with van der Waals surface area (Å²) in [6.45, 7) is 2.99. The minimum atomic E-state index is -0.635. The Balaban J connectivity index is 1.60. The number of nitrogens with one attached hydrogen (secondary N) is 1. The molecule has 0 bridgehead atoms. The van der Waals surface area contributed by atoms with Crippen molar-refractivity contribution in [3.8, 4) is 0 Å². The number of amides is 2. The van der Waals surface area contributed by atoms with E-state index < -0.39 is 11.8 Å². The van der Waals surface area contributed by atoms with E-state index in [4.69, 9.17) is 0 Å². The molecule has 1 saturated heterocycles. The normalized spacial score (nSPS) is 16.7. The third-order valence-corrected chi connectivity index (χ3v) is 4.61. The van der Waals surface area contributed by atoms with Crippen LogP contribution < -0.4 is 5.32 Å². The topological polar surface area (TPSA) is 49.4 Å². The van der Waals surface area contributed by atoms with Crippen molar-refractivity contribution in [2.45, 2.75) is 25.7 Å². The molecular weight excluding hydrogens is 319 g/mol. The quantitative estimate of drug-likeness (QED) is 0.871. The predicted octanol–water partition coefficient (Wildman–Crippen LogP) is 3.34. The van der Waals surface area contributed by atoms with E-state index in [0.717, 1.165) is 18.4 Å². The number of hydrogen-bond donors (Lipinski definition) is 1. The van der Waals surface area contributed by atoms with Crippen molar-refractivity contribution in [1.82, 2.24) is 4.90 Å². The number of hydrogen-bond acceptors (Lipinski definition) is 2. The molecule has 1 atom stereocenters. The van der Waals surface area contributed by atoms with Crippen molar-refractivity contribution in [3.05, 3.63) is 65.5 Å². The first kappa shape index (κ1) is 17.1. The second-order valence-corrected chi connectivity index (χ2v) is 6.30. The number of rotatable bonds is 3. The highest BCUT2D eigenvalue weighted by molar-refractivity contribution is 6.39. The van der Waals surface area contributed by atoms with Crippen LogP contribution in [0.25, 0.3) is 0 Å². The van der Waals surface area contributed by atoms with Crippen LogP contribution in [0.15, 0.2) is 48.5 Å². The fraction of sp³-hybridized carbons (Fsp3) is 0.300. The van der Waals surface area contributed by atoms with Crippen LogP contribution in [0.3, 0.4) is 0 Å². The van der Waals surface area contributed by atoms with Crippen molar-refractivity contribution in [2.75, 3.05) is 18.4 Å². The summed E-state index contributed by atoms with van der Waals surface area (Å²) in [6, 6.07) is 13.9. The fourth-order valence-electron chi connectivity index (χ4n) is 3.13. The summed E-state index contributed by atoms with van der Waals surface area (Å²) in [5, 5.41) is 2.64. The Hall–Kier alpha value is -2.69. The Bertz CT molecular complexity index is 774. The first-order valence-corrected chi connectivity index (χ1v) is 8.51. The lowest BCUT2D eigenvalue weighted by Gasteiger charge is -2.16. The van der Waals surface area contributed by atoms with Gasteiger partial charge in [0.15, 0.2) is 0 Å². The molecule has 2 aromatic rings. The molecule has 3 rings (SSSR count). The molecule has 130 valence electrons. The molecule has 4 nitrogen and oxygen atoms in total. The summed E-state index contributed by atoms with van der Waals surface area (Å²) in [5.74, 6) is -1.39. The number of anilines is 1. The monoisotopic (exact) mass is 340 g/mol. The van der Waals surface area contributed by atoms with Gasteiger partial charge in [0, 0.05) is 24.7 Å². The molecule has 25 heavy (non-hydrogen) atoms. The average molecular weight is 340 g/mol. The molecule has 1 aliphatic heterocycles. The van der Waals surface area contributed by atoms with E-state index in [9.17, 15) is 14.0 Å². The number of carbonyl (C=O) groups excluding carboxylic acids is 2. The Morgan fingerprint density at radius 2 is 1.96 bits per heavy atom. The second kappa shape index (κ2) is 7.47. The summed E-state index contributed by atoms with van der Waals surface area (Å²) in [7, 11) is 0. The molecule has 1 unspecified atom stereocenters. The van der Waals surface area contributed by atoms with Crippen LogP contribution in [0.2, 0.25) is 0 Å². The zero-order chi connectivity index (χ0) is 17.8. The Kier molecular flexibility index (Phi) is 5.12.